The van der Waals surface area contributed by atoms with E-state index in [0.717, 1.165) is 4.90 Å². The van der Waals surface area contributed by atoms with Crippen LogP contribution < -0.4 is 15.4 Å². The number of rotatable bonds is 12. The van der Waals surface area contributed by atoms with Crippen LogP contribution in [0.15, 0.2) is 43.0 Å². The number of alkyl carbamates (subject to hydrolysis) is 1. The maximum atomic E-state index is 14.4. The minimum absolute atomic E-state index is 0.0105. The first kappa shape index (κ1) is 39.2. The molecule has 0 aromatic heterocycles. The molecule has 5 rings (SSSR count). The van der Waals surface area contributed by atoms with Crippen LogP contribution >= 0.6 is 0 Å². The molecule has 18 heteroatoms. The molecule has 2 saturated carbocycles. The molecule has 3 fully saturated rings. The molecule has 16 nitrogen and oxygen atoms in total. The lowest BCUT2D eigenvalue weighted by molar-refractivity contribution is -0.146. The molecule has 3 N–H and O–H groups in total. The third-order valence-corrected chi connectivity index (χ3v) is 11.1. The lowest BCUT2D eigenvalue weighted by atomic mass is 10.1. The third-order valence-electron chi connectivity index (χ3n) is 9.27. The summed E-state index contributed by atoms with van der Waals surface area (Å²) >= 11 is 0. The second-order valence-corrected chi connectivity index (χ2v) is 16.7. The molecule has 2 aliphatic heterocycles. The Hall–Kier alpha value is -5.00. The van der Waals surface area contributed by atoms with Crippen LogP contribution in [0.3, 0.4) is 0 Å². The molecule has 4 aliphatic rings. The minimum Gasteiger partial charge on any atom is -0.460 e. The lowest BCUT2D eigenvalue weighted by Gasteiger charge is -2.30. The second kappa shape index (κ2) is 14.8. The number of ether oxygens (including phenoxy) is 3. The standard InChI is InChI=1S/C35H44FN5O11S/c1-7-21-14-35(21,31(45)39-53(48,49)23-11-12-23)38-28(42)27-13-22(51-33(47)40-15-20-9-8-10-25(36)24(20)17-40)16-41(27)29(43)26(18-50-30(44)19(2)3)37-32(46)52-34(4,5)6/h7-10,21-23,26-27H,1-2,11-18H2,3-6H3,(H,37,46)(H,38,42)(H,39,45)/t21-,22-,26-,27+,35-/m1/s1. The van der Waals surface area contributed by atoms with E-state index in [0.29, 0.717) is 24.0 Å². The van der Waals surface area contributed by atoms with Crippen LogP contribution in [0.25, 0.3) is 0 Å². The summed E-state index contributed by atoms with van der Waals surface area (Å²) in [7, 11) is -3.98. The van der Waals surface area contributed by atoms with Gasteiger partial charge in [-0.1, -0.05) is 24.8 Å². The van der Waals surface area contributed by atoms with Gasteiger partial charge >= 0.3 is 18.2 Å². The zero-order valence-corrected chi connectivity index (χ0v) is 30.8. The van der Waals surface area contributed by atoms with E-state index in [1.165, 1.54) is 30.0 Å². The van der Waals surface area contributed by atoms with Crippen molar-refractivity contribution >= 4 is 45.9 Å². The molecule has 288 valence electrons. The van der Waals surface area contributed by atoms with Gasteiger partial charge in [0.05, 0.1) is 18.3 Å². The number of hydrogen-bond acceptors (Lipinski definition) is 11. The molecular formula is C35H44FN5O11S. The normalized spacial score (nSPS) is 23.9. The van der Waals surface area contributed by atoms with Crippen molar-refractivity contribution in [2.75, 3.05) is 13.2 Å². The van der Waals surface area contributed by atoms with Gasteiger partial charge in [0.15, 0.2) is 0 Å². The van der Waals surface area contributed by atoms with Crippen molar-refractivity contribution in [1.29, 1.82) is 0 Å². The molecule has 0 spiro atoms. The summed E-state index contributed by atoms with van der Waals surface area (Å²) in [4.78, 5) is 82.4. The van der Waals surface area contributed by atoms with E-state index in [1.807, 2.05) is 0 Å². The summed E-state index contributed by atoms with van der Waals surface area (Å²) in [6.45, 7) is 12.3. The number of nitrogens with zero attached hydrogens (tertiary/aromatic N) is 2. The van der Waals surface area contributed by atoms with Gasteiger partial charge in [0.2, 0.25) is 21.8 Å². The molecule has 0 unspecified atom stereocenters. The van der Waals surface area contributed by atoms with E-state index in [1.54, 1.807) is 26.8 Å². The highest BCUT2D eigenvalue weighted by Crippen LogP contribution is 2.45. The van der Waals surface area contributed by atoms with Crippen LogP contribution in [-0.2, 0) is 56.5 Å². The predicted octanol–water partition coefficient (Wildman–Crippen LogP) is 1.93. The molecule has 5 atom stereocenters. The van der Waals surface area contributed by atoms with E-state index in [9.17, 15) is 41.6 Å². The van der Waals surface area contributed by atoms with Crippen LogP contribution in [0.2, 0.25) is 0 Å². The number of hydrogen-bond donors (Lipinski definition) is 3. The number of likely N-dealkylation sites (tertiary alicyclic amines) is 1. The zero-order valence-electron chi connectivity index (χ0n) is 29.9. The molecule has 1 aromatic rings. The fourth-order valence-electron chi connectivity index (χ4n) is 6.23. The monoisotopic (exact) mass is 761 g/mol. The smallest absolute Gasteiger partial charge is 0.410 e. The van der Waals surface area contributed by atoms with Crippen molar-refractivity contribution in [2.45, 2.75) is 101 Å². The lowest BCUT2D eigenvalue weighted by Crippen LogP contribution is -2.59. The third kappa shape index (κ3) is 8.97. The number of carbonyl (C=O) groups excluding carboxylic acids is 6. The Bertz CT molecular complexity index is 1840. The zero-order chi connectivity index (χ0) is 39.0. The highest BCUT2D eigenvalue weighted by atomic mass is 32.2. The number of fused-ring (bicyclic) bond motifs is 1. The Morgan fingerprint density at radius 2 is 1.83 bits per heavy atom. The van der Waals surface area contributed by atoms with Crippen LogP contribution in [0.1, 0.15) is 64.5 Å². The number of amides is 5. The molecular weight excluding hydrogens is 717 g/mol. The first-order chi connectivity index (χ1) is 24.7. The van der Waals surface area contributed by atoms with Crippen molar-refractivity contribution < 1.29 is 55.8 Å². The molecule has 5 amide bonds. The highest BCUT2D eigenvalue weighted by Gasteiger charge is 2.62. The van der Waals surface area contributed by atoms with Crippen molar-refractivity contribution in [2.24, 2.45) is 5.92 Å². The van der Waals surface area contributed by atoms with Gasteiger partial charge < -0.3 is 29.7 Å². The van der Waals surface area contributed by atoms with Gasteiger partial charge in [-0.3, -0.25) is 24.0 Å². The molecule has 1 aromatic carbocycles. The van der Waals surface area contributed by atoms with Crippen LogP contribution in [-0.4, -0.2) is 102 Å². The summed E-state index contributed by atoms with van der Waals surface area (Å²) in [6, 6.07) is 1.45. The average Bonchev–Trinajstić information content (AvgIpc) is 3.96. The Labute approximate surface area is 306 Å². The summed E-state index contributed by atoms with van der Waals surface area (Å²) < 4.78 is 57.9. The fourth-order valence-corrected chi connectivity index (χ4v) is 7.59. The van der Waals surface area contributed by atoms with Gasteiger partial charge in [-0.15, -0.1) is 6.58 Å². The second-order valence-electron chi connectivity index (χ2n) is 14.7. The Morgan fingerprint density at radius 3 is 2.42 bits per heavy atom. The number of sulfonamides is 1. The van der Waals surface area contributed by atoms with Gasteiger partial charge in [-0.25, -0.2) is 27.2 Å². The fraction of sp³-hybridized carbons (Fsp3) is 0.543. The van der Waals surface area contributed by atoms with E-state index in [2.05, 4.69) is 28.5 Å². The van der Waals surface area contributed by atoms with Crippen LogP contribution in [0, 0.1) is 11.7 Å². The Morgan fingerprint density at radius 1 is 1.13 bits per heavy atom. The molecule has 0 radical (unpaired) electrons. The van der Waals surface area contributed by atoms with Crippen LogP contribution in [0.4, 0.5) is 14.0 Å². The van der Waals surface area contributed by atoms with E-state index >= 15 is 0 Å². The molecule has 2 aliphatic carbocycles. The maximum Gasteiger partial charge on any atom is 0.410 e. The first-order valence-electron chi connectivity index (χ1n) is 17.1. The number of nitrogens with one attached hydrogen (secondary N) is 3. The Balaban J connectivity index is 1.39. The molecule has 2 heterocycles. The first-order valence-corrected chi connectivity index (χ1v) is 18.6. The van der Waals surface area contributed by atoms with Crippen molar-refractivity contribution in [3.8, 4) is 0 Å². The summed E-state index contributed by atoms with van der Waals surface area (Å²) in [5.41, 5.74) is -1.74. The number of carbonyl (C=O) groups is 6. The summed E-state index contributed by atoms with van der Waals surface area (Å²) in [5, 5.41) is 4.27. The van der Waals surface area contributed by atoms with Crippen molar-refractivity contribution in [1.82, 2.24) is 25.2 Å². The minimum atomic E-state index is -3.98. The highest BCUT2D eigenvalue weighted by molar-refractivity contribution is 7.91. The van der Waals surface area contributed by atoms with Gasteiger partial charge in [0, 0.05) is 30.0 Å². The van der Waals surface area contributed by atoms with Gasteiger partial charge in [-0.2, -0.15) is 0 Å². The molecule has 1 saturated heterocycles. The summed E-state index contributed by atoms with van der Waals surface area (Å²) in [5.74, 6) is -4.75. The van der Waals surface area contributed by atoms with E-state index in [-0.39, 0.29) is 38.0 Å². The van der Waals surface area contributed by atoms with E-state index in [4.69, 9.17) is 14.2 Å². The SMILES string of the molecule is C=C[C@@H]1C[C@]1(NC(=O)[C@@H]1C[C@@H](OC(=O)N2Cc3cccc(F)c3C2)CN1C(=O)[C@@H](COC(=O)C(=C)C)NC(=O)OC(C)(C)C)C(=O)NS(=O)(=O)C1CC1. The largest absolute Gasteiger partial charge is 0.460 e. The predicted molar refractivity (Wildman–Crippen MR) is 184 cm³/mol. The summed E-state index contributed by atoms with van der Waals surface area (Å²) in [6.07, 6.45) is -1.04. The molecule has 53 heavy (non-hydrogen) atoms. The number of halogens is 1. The van der Waals surface area contributed by atoms with Gasteiger partial charge in [0.1, 0.15) is 41.8 Å². The van der Waals surface area contributed by atoms with Crippen molar-refractivity contribution in [3.63, 3.8) is 0 Å². The topological polar surface area (TPSA) is 207 Å². The number of esters is 1. The molecule has 0 bridgehead atoms. The van der Waals surface area contributed by atoms with Crippen LogP contribution in [0.5, 0.6) is 0 Å². The van der Waals surface area contributed by atoms with Gasteiger partial charge in [0.25, 0.3) is 5.91 Å². The van der Waals surface area contributed by atoms with Crippen molar-refractivity contribution in [3.05, 3.63) is 60.0 Å². The quantitative estimate of drug-likeness (QED) is 0.121. The van der Waals surface area contributed by atoms with Gasteiger partial charge in [-0.05, 0) is 58.6 Å². The number of benzene rings is 1. The average molecular weight is 762 g/mol. The maximum absolute atomic E-state index is 14.4. The Kier molecular flexibility index (Phi) is 10.9. The van der Waals surface area contributed by atoms with E-state index < -0.39 is 98.8 Å².